The molecule has 5 nitrogen and oxygen atoms in total. The summed E-state index contributed by atoms with van der Waals surface area (Å²) in [7, 11) is 1.83. The molecule has 5 atom stereocenters. The summed E-state index contributed by atoms with van der Waals surface area (Å²) in [6, 6.07) is 15.5. The number of pyridine rings is 1. The first kappa shape index (κ1) is 19.7. The highest BCUT2D eigenvalue weighted by Gasteiger charge is 2.55. The summed E-state index contributed by atoms with van der Waals surface area (Å²) in [5.41, 5.74) is 8.03. The standard InChI is InChI=1S/C25H31N3O2/c1-30-25(18-12-13-27-22(14-18)24(26)29)19-8-5-9-20(25)16-28(15-19)23-11-10-21(23)17-6-3-2-4-7-17/h2-4,6-7,12-14,19-21,23H,5,8-11,15-16H2,1H3,(H2,26,29)/t19-,20+,21-,23-,25+/m1/s1. The van der Waals surface area contributed by atoms with Gasteiger partial charge < -0.3 is 10.5 Å². The van der Waals surface area contributed by atoms with Crippen LogP contribution >= 0.6 is 0 Å². The van der Waals surface area contributed by atoms with Crippen LogP contribution in [-0.4, -0.2) is 42.0 Å². The van der Waals surface area contributed by atoms with E-state index in [9.17, 15) is 4.79 Å². The normalized spacial score (nSPS) is 33.6. The second-order valence-corrected chi connectivity index (χ2v) is 9.23. The van der Waals surface area contributed by atoms with E-state index in [4.69, 9.17) is 10.5 Å². The molecule has 2 aliphatic carbocycles. The van der Waals surface area contributed by atoms with E-state index in [2.05, 4.69) is 40.2 Å². The van der Waals surface area contributed by atoms with Crippen LogP contribution in [0, 0.1) is 11.8 Å². The minimum absolute atomic E-state index is 0.326. The Morgan fingerprint density at radius 3 is 2.43 bits per heavy atom. The molecule has 5 heteroatoms. The molecule has 30 heavy (non-hydrogen) atoms. The molecule has 2 saturated carbocycles. The van der Waals surface area contributed by atoms with Gasteiger partial charge in [0.2, 0.25) is 0 Å². The molecule has 3 fully saturated rings. The maximum atomic E-state index is 11.7. The summed E-state index contributed by atoms with van der Waals surface area (Å²) >= 11 is 0. The Kier molecular flexibility index (Phi) is 5.11. The Bertz CT molecular complexity index is 902. The fourth-order valence-corrected chi connectivity index (χ4v) is 6.48. The van der Waals surface area contributed by atoms with Gasteiger partial charge in [0.1, 0.15) is 11.3 Å². The Morgan fingerprint density at radius 1 is 1.10 bits per heavy atom. The Balaban J connectivity index is 1.44. The topological polar surface area (TPSA) is 68.5 Å². The fraction of sp³-hybridized carbons (Fsp3) is 0.520. The van der Waals surface area contributed by atoms with Gasteiger partial charge in [-0.3, -0.25) is 14.7 Å². The average Bonchev–Trinajstić information content (AvgIpc) is 2.73. The number of nitrogens with zero attached hydrogens (tertiary/aromatic N) is 2. The van der Waals surface area contributed by atoms with Crippen LogP contribution in [0.25, 0.3) is 0 Å². The molecule has 5 rings (SSSR count). The Hall–Kier alpha value is -2.24. The summed E-state index contributed by atoms with van der Waals surface area (Å²) in [5.74, 6) is 0.987. The van der Waals surface area contributed by atoms with Gasteiger partial charge in [0.05, 0.1) is 0 Å². The lowest BCUT2D eigenvalue weighted by molar-refractivity contribution is -0.179. The van der Waals surface area contributed by atoms with E-state index >= 15 is 0 Å². The quantitative estimate of drug-likeness (QED) is 0.824. The molecule has 1 aliphatic heterocycles. The first-order valence-corrected chi connectivity index (χ1v) is 11.2. The molecule has 1 aromatic heterocycles. The largest absolute Gasteiger partial charge is 0.373 e. The van der Waals surface area contributed by atoms with Crippen molar-refractivity contribution in [2.24, 2.45) is 17.6 Å². The van der Waals surface area contributed by atoms with Crippen molar-refractivity contribution in [1.82, 2.24) is 9.88 Å². The third-order valence-corrected chi connectivity index (χ3v) is 7.96. The fourth-order valence-electron chi connectivity index (χ4n) is 6.48. The first-order valence-electron chi connectivity index (χ1n) is 11.2. The maximum Gasteiger partial charge on any atom is 0.267 e. The van der Waals surface area contributed by atoms with Gasteiger partial charge in [-0.2, -0.15) is 0 Å². The van der Waals surface area contributed by atoms with E-state index in [-0.39, 0.29) is 5.60 Å². The lowest BCUT2D eigenvalue weighted by Crippen LogP contribution is -2.62. The lowest BCUT2D eigenvalue weighted by Gasteiger charge is -2.58. The zero-order chi connectivity index (χ0) is 20.7. The number of hydrogen-bond donors (Lipinski definition) is 1. The van der Waals surface area contributed by atoms with Gasteiger partial charge in [-0.05, 0) is 54.9 Å². The van der Waals surface area contributed by atoms with Gasteiger partial charge >= 0.3 is 0 Å². The molecule has 2 heterocycles. The van der Waals surface area contributed by atoms with Gasteiger partial charge in [0, 0.05) is 44.3 Å². The van der Waals surface area contributed by atoms with Gasteiger partial charge in [0.15, 0.2) is 0 Å². The van der Waals surface area contributed by atoms with Gasteiger partial charge in [0.25, 0.3) is 5.91 Å². The first-order chi connectivity index (χ1) is 14.6. The van der Waals surface area contributed by atoms with Crippen molar-refractivity contribution in [2.75, 3.05) is 20.2 Å². The average molecular weight is 406 g/mol. The molecule has 158 valence electrons. The second-order valence-electron chi connectivity index (χ2n) is 9.23. The van der Waals surface area contributed by atoms with E-state index in [0.717, 1.165) is 31.5 Å². The van der Waals surface area contributed by atoms with Gasteiger partial charge in [-0.15, -0.1) is 0 Å². The van der Waals surface area contributed by atoms with Crippen molar-refractivity contribution in [3.8, 4) is 0 Å². The van der Waals surface area contributed by atoms with E-state index in [1.54, 1.807) is 6.20 Å². The Labute approximate surface area is 178 Å². The van der Waals surface area contributed by atoms with Crippen LogP contribution in [0.1, 0.15) is 59.6 Å². The van der Waals surface area contributed by atoms with Crippen LogP contribution in [0.5, 0.6) is 0 Å². The molecule has 1 saturated heterocycles. The molecule has 0 unspecified atom stereocenters. The lowest BCUT2D eigenvalue weighted by atomic mass is 9.61. The molecular formula is C25H31N3O2. The number of ether oxygens (including phenoxy) is 1. The summed E-state index contributed by atoms with van der Waals surface area (Å²) in [4.78, 5) is 18.6. The van der Waals surface area contributed by atoms with Crippen molar-refractivity contribution >= 4 is 5.91 Å². The van der Waals surface area contributed by atoms with E-state index in [1.807, 2.05) is 19.2 Å². The number of hydrogen-bond acceptors (Lipinski definition) is 4. The van der Waals surface area contributed by atoms with Crippen LogP contribution in [0.2, 0.25) is 0 Å². The monoisotopic (exact) mass is 405 g/mol. The number of amides is 1. The van der Waals surface area contributed by atoms with Crippen LogP contribution < -0.4 is 5.73 Å². The minimum atomic E-state index is -0.481. The van der Waals surface area contributed by atoms with Gasteiger partial charge in [-0.1, -0.05) is 36.8 Å². The molecule has 1 amide bonds. The predicted molar refractivity (Wildman–Crippen MR) is 116 cm³/mol. The third-order valence-electron chi connectivity index (χ3n) is 7.96. The number of carbonyl (C=O) groups is 1. The van der Waals surface area contributed by atoms with Gasteiger partial charge in [-0.25, -0.2) is 0 Å². The minimum Gasteiger partial charge on any atom is -0.373 e. The van der Waals surface area contributed by atoms with Crippen molar-refractivity contribution in [2.45, 2.75) is 49.7 Å². The number of aromatic nitrogens is 1. The molecule has 1 aromatic carbocycles. The number of piperidine rings is 1. The zero-order valence-corrected chi connectivity index (χ0v) is 17.7. The number of rotatable bonds is 5. The van der Waals surface area contributed by atoms with Crippen LogP contribution in [-0.2, 0) is 10.3 Å². The SMILES string of the molecule is CO[C@@]1(c2ccnc(C(N)=O)c2)[C@@H]2CCC[C@H]1CN([C@@H]1CC[C@@H]1c1ccccc1)C2. The highest BCUT2D eigenvalue weighted by atomic mass is 16.5. The summed E-state index contributed by atoms with van der Waals surface area (Å²) in [6.07, 6.45) is 7.81. The second kappa shape index (κ2) is 7.78. The molecular weight excluding hydrogens is 374 g/mol. The smallest absolute Gasteiger partial charge is 0.267 e. The Morgan fingerprint density at radius 2 is 1.83 bits per heavy atom. The number of fused-ring (bicyclic) bond motifs is 2. The van der Waals surface area contributed by atoms with E-state index in [0.29, 0.717) is 29.5 Å². The highest BCUT2D eigenvalue weighted by molar-refractivity contribution is 5.90. The number of methoxy groups -OCH3 is 1. The molecule has 2 bridgehead atoms. The summed E-state index contributed by atoms with van der Waals surface area (Å²) < 4.78 is 6.35. The molecule has 2 N–H and O–H groups in total. The number of likely N-dealkylation sites (tertiary alicyclic amines) is 1. The van der Waals surface area contributed by atoms with Crippen LogP contribution in [0.15, 0.2) is 48.7 Å². The molecule has 2 aromatic rings. The number of carbonyl (C=O) groups excluding carboxylic acids is 1. The summed E-state index contributed by atoms with van der Waals surface area (Å²) in [5, 5.41) is 0. The number of nitrogens with two attached hydrogens (primary N) is 1. The zero-order valence-electron chi connectivity index (χ0n) is 17.7. The number of benzene rings is 1. The van der Waals surface area contributed by atoms with Crippen LogP contribution in [0.3, 0.4) is 0 Å². The third kappa shape index (κ3) is 3.07. The molecule has 0 spiro atoms. The van der Waals surface area contributed by atoms with Crippen molar-refractivity contribution in [3.05, 3.63) is 65.5 Å². The van der Waals surface area contributed by atoms with Crippen molar-refractivity contribution in [1.29, 1.82) is 0 Å². The van der Waals surface area contributed by atoms with E-state index < -0.39 is 5.91 Å². The predicted octanol–water partition coefficient (Wildman–Crippen LogP) is 3.70. The molecule has 0 radical (unpaired) electrons. The summed E-state index contributed by atoms with van der Waals surface area (Å²) in [6.45, 7) is 2.10. The number of primary amides is 1. The van der Waals surface area contributed by atoms with E-state index in [1.165, 1.54) is 24.8 Å². The maximum absolute atomic E-state index is 11.7. The van der Waals surface area contributed by atoms with Crippen molar-refractivity contribution in [3.63, 3.8) is 0 Å². The highest BCUT2D eigenvalue weighted by Crippen LogP contribution is 2.53. The molecule has 3 aliphatic rings. The van der Waals surface area contributed by atoms with Crippen molar-refractivity contribution < 1.29 is 9.53 Å². The van der Waals surface area contributed by atoms with Crippen LogP contribution in [0.4, 0.5) is 0 Å².